The molecule has 1 N–H and O–H groups in total. The first-order valence-corrected chi connectivity index (χ1v) is 10.8. The number of nitrogens with zero attached hydrogens (tertiary/aromatic N) is 2. The number of sulfonamides is 1. The van der Waals surface area contributed by atoms with E-state index in [1.807, 2.05) is 0 Å². The number of aromatic nitrogens is 1. The molecule has 0 aliphatic carbocycles. The molecular weight excluding hydrogens is 423 g/mol. The molecule has 1 aromatic carbocycles. The Hall–Kier alpha value is -2.40. The number of amides is 1. The van der Waals surface area contributed by atoms with Crippen molar-refractivity contribution in [3.05, 3.63) is 46.8 Å². The van der Waals surface area contributed by atoms with Crippen LogP contribution in [0.1, 0.15) is 35.4 Å². The van der Waals surface area contributed by atoms with Gasteiger partial charge in [-0.3, -0.25) is 4.79 Å². The number of nitrogens with one attached hydrogen (secondary N) is 1. The van der Waals surface area contributed by atoms with Gasteiger partial charge in [-0.05, 0) is 44.4 Å². The molecule has 1 saturated heterocycles. The van der Waals surface area contributed by atoms with Crippen molar-refractivity contribution >= 4 is 15.9 Å². The highest BCUT2D eigenvalue weighted by molar-refractivity contribution is 7.89. The van der Waals surface area contributed by atoms with E-state index < -0.39 is 27.7 Å². The van der Waals surface area contributed by atoms with Crippen LogP contribution in [0.4, 0.5) is 13.2 Å². The van der Waals surface area contributed by atoms with Crippen LogP contribution in [-0.4, -0.2) is 36.9 Å². The van der Waals surface area contributed by atoms with E-state index >= 15 is 0 Å². The molecule has 1 amide bonds. The smallest absolute Gasteiger partial charge is 0.360 e. The van der Waals surface area contributed by atoms with Crippen molar-refractivity contribution < 1.29 is 30.9 Å². The molecular formula is C19H22F3N3O4S. The third-order valence-corrected chi connectivity index (χ3v) is 7.26. The molecule has 11 heteroatoms. The normalized spacial score (nSPS) is 16.6. The molecule has 1 aliphatic rings. The summed E-state index contributed by atoms with van der Waals surface area (Å²) in [7, 11) is -3.76. The minimum absolute atomic E-state index is 0.0274. The van der Waals surface area contributed by atoms with Crippen molar-refractivity contribution in [1.82, 2.24) is 14.8 Å². The predicted molar refractivity (Wildman–Crippen MR) is 101 cm³/mol. The van der Waals surface area contributed by atoms with Gasteiger partial charge >= 0.3 is 6.18 Å². The lowest BCUT2D eigenvalue weighted by Gasteiger charge is -2.30. The van der Waals surface area contributed by atoms with Gasteiger partial charge in [0.1, 0.15) is 10.6 Å². The number of halogens is 3. The van der Waals surface area contributed by atoms with Crippen LogP contribution in [0.15, 0.2) is 33.7 Å². The summed E-state index contributed by atoms with van der Waals surface area (Å²) < 4.78 is 70.3. The quantitative estimate of drug-likeness (QED) is 0.764. The Morgan fingerprint density at radius 2 is 1.93 bits per heavy atom. The standard InChI is InChI=1S/C19H22F3N3O4S/c1-12-17(13(2)29-24-12)30(27,28)25-8-6-15(7-9-25)18(26)23-11-14-4-3-5-16(10-14)19(20,21)22/h3-5,10,15H,6-9,11H2,1-2H3,(H,23,26). The number of hydrogen-bond donors (Lipinski definition) is 1. The third-order valence-electron chi connectivity index (χ3n) is 5.11. The van der Waals surface area contributed by atoms with Gasteiger partial charge in [-0.25, -0.2) is 8.42 Å². The number of carbonyl (C=O) groups is 1. The molecule has 3 rings (SSSR count). The van der Waals surface area contributed by atoms with Crippen LogP contribution < -0.4 is 5.32 Å². The zero-order valence-electron chi connectivity index (χ0n) is 16.5. The van der Waals surface area contributed by atoms with Crippen molar-refractivity contribution in [2.24, 2.45) is 5.92 Å². The fourth-order valence-electron chi connectivity index (χ4n) is 3.52. The Kier molecular flexibility index (Phi) is 6.23. The minimum Gasteiger partial charge on any atom is -0.360 e. The monoisotopic (exact) mass is 445 g/mol. The van der Waals surface area contributed by atoms with Gasteiger partial charge in [0.05, 0.1) is 5.56 Å². The van der Waals surface area contributed by atoms with Crippen molar-refractivity contribution in [2.75, 3.05) is 13.1 Å². The lowest BCUT2D eigenvalue weighted by molar-refractivity contribution is -0.137. The summed E-state index contributed by atoms with van der Waals surface area (Å²) in [4.78, 5) is 12.5. The number of aryl methyl sites for hydroxylation is 2. The molecule has 1 fully saturated rings. The fraction of sp³-hybridized carbons (Fsp3) is 0.474. The maximum atomic E-state index is 12.8. The molecule has 0 saturated carbocycles. The number of carbonyl (C=O) groups excluding carboxylic acids is 1. The SMILES string of the molecule is Cc1noc(C)c1S(=O)(=O)N1CCC(C(=O)NCc2cccc(C(F)(F)F)c2)CC1. The average molecular weight is 445 g/mol. The first-order chi connectivity index (χ1) is 14.0. The molecule has 0 bridgehead atoms. The first kappa shape index (κ1) is 22.3. The average Bonchev–Trinajstić information content (AvgIpc) is 3.04. The summed E-state index contributed by atoms with van der Waals surface area (Å²) in [6.45, 7) is 3.38. The van der Waals surface area contributed by atoms with Gasteiger partial charge < -0.3 is 9.84 Å². The largest absolute Gasteiger partial charge is 0.416 e. The molecule has 164 valence electrons. The number of piperidine rings is 1. The highest BCUT2D eigenvalue weighted by Gasteiger charge is 2.35. The summed E-state index contributed by atoms with van der Waals surface area (Å²) >= 11 is 0. The van der Waals surface area contributed by atoms with Crippen LogP contribution in [0.2, 0.25) is 0 Å². The zero-order valence-corrected chi connectivity index (χ0v) is 17.3. The van der Waals surface area contributed by atoms with E-state index in [1.54, 1.807) is 6.92 Å². The molecule has 0 atom stereocenters. The summed E-state index contributed by atoms with van der Waals surface area (Å²) in [6.07, 6.45) is -3.81. The van der Waals surface area contributed by atoms with Gasteiger partial charge in [-0.2, -0.15) is 17.5 Å². The van der Waals surface area contributed by atoms with Crippen LogP contribution >= 0.6 is 0 Å². The van der Waals surface area contributed by atoms with E-state index in [9.17, 15) is 26.4 Å². The Bertz CT molecular complexity index is 1010. The van der Waals surface area contributed by atoms with Crippen LogP contribution in [0.5, 0.6) is 0 Å². The number of rotatable bonds is 5. The van der Waals surface area contributed by atoms with E-state index in [1.165, 1.54) is 23.4 Å². The summed E-state index contributed by atoms with van der Waals surface area (Å²) in [5.41, 5.74) is -0.142. The fourth-order valence-corrected chi connectivity index (χ4v) is 5.28. The maximum absolute atomic E-state index is 12.8. The second kappa shape index (κ2) is 8.38. The van der Waals surface area contributed by atoms with Crippen molar-refractivity contribution in [3.8, 4) is 0 Å². The molecule has 2 heterocycles. The van der Waals surface area contributed by atoms with E-state index in [0.717, 1.165) is 12.1 Å². The highest BCUT2D eigenvalue weighted by atomic mass is 32.2. The van der Waals surface area contributed by atoms with Crippen molar-refractivity contribution in [1.29, 1.82) is 0 Å². The second-order valence-corrected chi connectivity index (χ2v) is 9.12. The zero-order chi connectivity index (χ0) is 22.1. The Balaban J connectivity index is 1.57. The van der Waals surface area contributed by atoms with Gasteiger partial charge in [0, 0.05) is 25.6 Å². The Morgan fingerprint density at radius 3 is 2.50 bits per heavy atom. The van der Waals surface area contributed by atoms with Crippen LogP contribution in [-0.2, 0) is 27.5 Å². The van der Waals surface area contributed by atoms with E-state index in [4.69, 9.17) is 4.52 Å². The van der Waals surface area contributed by atoms with E-state index in [2.05, 4.69) is 10.5 Å². The third kappa shape index (κ3) is 4.67. The van der Waals surface area contributed by atoms with Gasteiger partial charge in [-0.15, -0.1) is 0 Å². The molecule has 0 spiro atoms. The second-order valence-electron chi connectivity index (χ2n) is 7.25. The Morgan fingerprint density at radius 1 is 1.27 bits per heavy atom. The van der Waals surface area contributed by atoms with E-state index in [-0.39, 0.29) is 41.9 Å². The number of benzene rings is 1. The first-order valence-electron chi connectivity index (χ1n) is 9.37. The molecule has 1 aromatic heterocycles. The number of hydrogen-bond acceptors (Lipinski definition) is 5. The number of alkyl halides is 3. The van der Waals surface area contributed by atoms with Crippen molar-refractivity contribution in [2.45, 2.75) is 44.3 Å². The van der Waals surface area contributed by atoms with Gasteiger partial charge in [0.15, 0.2) is 5.76 Å². The summed E-state index contributed by atoms with van der Waals surface area (Å²) in [6, 6.07) is 4.77. The molecule has 7 nitrogen and oxygen atoms in total. The molecule has 1 aliphatic heterocycles. The molecule has 0 unspecified atom stereocenters. The van der Waals surface area contributed by atoms with Crippen molar-refractivity contribution in [3.63, 3.8) is 0 Å². The van der Waals surface area contributed by atoms with Gasteiger partial charge in [-0.1, -0.05) is 17.3 Å². The van der Waals surface area contributed by atoms with Gasteiger partial charge in [0.25, 0.3) is 0 Å². The van der Waals surface area contributed by atoms with Crippen LogP contribution in [0.25, 0.3) is 0 Å². The molecule has 0 radical (unpaired) electrons. The topological polar surface area (TPSA) is 92.5 Å². The Labute approximate surface area is 172 Å². The van der Waals surface area contributed by atoms with Crippen LogP contribution in [0.3, 0.4) is 0 Å². The molecule has 2 aromatic rings. The summed E-state index contributed by atoms with van der Waals surface area (Å²) in [5.74, 6) is -0.498. The van der Waals surface area contributed by atoms with Crippen LogP contribution in [0, 0.1) is 19.8 Å². The maximum Gasteiger partial charge on any atom is 0.416 e. The predicted octanol–water partition coefficient (Wildman–Crippen LogP) is 3.03. The lowest BCUT2D eigenvalue weighted by Crippen LogP contribution is -2.43. The lowest BCUT2D eigenvalue weighted by atomic mass is 9.97. The molecule has 30 heavy (non-hydrogen) atoms. The van der Waals surface area contributed by atoms with Gasteiger partial charge in [0.2, 0.25) is 15.9 Å². The summed E-state index contributed by atoms with van der Waals surface area (Å²) in [5, 5.41) is 6.33. The minimum atomic E-state index is -4.44. The highest BCUT2D eigenvalue weighted by Crippen LogP contribution is 2.30. The van der Waals surface area contributed by atoms with E-state index in [0.29, 0.717) is 18.4 Å².